The fraction of sp³-hybridized carbons (Fsp3) is 0.364. The van der Waals surface area contributed by atoms with Gasteiger partial charge in [0.05, 0.1) is 25.8 Å². The van der Waals surface area contributed by atoms with Crippen LogP contribution in [0.1, 0.15) is 30.0 Å². The molecule has 11 heteroatoms. The van der Waals surface area contributed by atoms with E-state index in [1.807, 2.05) is 6.07 Å². The summed E-state index contributed by atoms with van der Waals surface area (Å²) >= 11 is 0. The van der Waals surface area contributed by atoms with Gasteiger partial charge in [0.25, 0.3) is 0 Å². The fourth-order valence-electron chi connectivity index (χ4n) is 3.96. The van der Waals surface area contributed by atoms with Crippen molar-refractivity contribution in [2.45, 2.75) is 31.6 Å². The Morgan fingerprint density at radius 3 is 2.70 bits per heavy atom. The lowest BCUT2D eigenvalue weighted by atomic mass is 10.0. The molecule has 0 spiro atoms. The highest BCUT2D eigenvalue weighted by atomic mass is 19.4. The number of halogens is 3. The molecule has 4 rings (SSSR count). The van der Waals surface area contributed by atoms with Crippen molar-refractivity contribution >= 4 is 5.91 Å². The van der Waals surface area contributed by atoms with Crippen LogP contribution in [0.15, 0.2) is 42.5 Å². The van der Waals surface area contributed by atoms with Gasteiger partial charge in [-0.25, -0.2) is 0 Å². The van der Waals surface area contributed by atoms with E-state index < -0.39 is 11.7 Å². The second-order valence-electron chi connectivity index (χ2n) is 7.58. The monoisotopic (exact) mass is 461 g/mol. The summed E-state index contributed by atoms with van der Waals surface area (Å²) < 4.78 is 49.7. The minimum absolute atomic E-state index is 0.0151. The van der Waals surface area contributed by atoms with Crippen molar-refractivity contribution in [3.63, 3.8) is 0 Å². The Hall–Kier alpha value is -3.63. The van der Waals surface area contributed by atoms with Gasteiger partial charge in [0.15, 0.2) is 0 Å². The van der Waals surface area contributed by atoms with Crippen LogP contribution < -0.4 is 9.47 Å². The Kier molecular flexibility index (Phi) is 6.21. The number of aromatic nitrogens is 4. The van der Waals surface area contributed by atoms with Gasteiger partial charge in [0.2, 0.25) is 11.7 Å². The maximum atomic E-state index is 13.1. The molecule has 2 heterocycles. The van der Waals surface area contributed by atoms with E-state index in [0.29, 0.717) is 18.0 Å². The third-order valence-electron chi connectivity index (χ3n) is 5.55. The van der Waals surface area contributed by atoms with Crippen molar-refractivity contribution in [3.8, 4) is 22.9 Å². The molecule has 8 nitrogen and oxygen atoms in total. The van der Waals surface area contributed by atoms with E-state index >= 15 is 0 Å². The molecule has 0 radical (unpaired) electrons. The maximum Gasteiger partial charge on any atom is 0.416 e. The number of likely N-dealkylation sites (tertiary alicyclic amines) is 1. The molecule has 0 saturated carbocycles. The molecule has 1 saturated heterocycles. The topological polar surface area (TPSA) is 82.4 Å². The van der Waals surface area contributed by atoms with Crippen molar-refractivity contribution in [3.05, 3.63) is 53.6 Å². The first-order valence-electron chi connectivity index (χ1n) is 10.3. The smallest absolute Gasteiger partial charge is 0.416 e. The maximum absolute atomic E-state index is 13.1. The highest BCUT2D eigenvalue weighted by Crippen LogP contribution is 2.39. The van der Waals surface area contributed by atoms with E-state index in [-0.39, 0.29) is 29.9 Å². The Morgan fingerprint density at radius 1 is 1.15 bits per heavy atom. The molecule has 174 valence electrons. The summed E-state index contributed by atoms with van der Waals surface area (Å²) in [6.45, 7) is 0.369. The second kappa shape index (κ2) is 9.08. The molecule has 1 aromatic heterocycles. The molecule has 0 unspecified atom stereocenters. The molecular formula is C22H22F3N5O3. The Balaban J connectivity index is 1.52. The summed E-state index contributed by atoms with van der Waals surface area (Å²) in [5.41, 5.74) is 0.210. The summed E-state index contributed by atoms with van der Waals surface area (Å²) in [4.78, 5) is 15.9. The first-order valence-corrected chi connectivity index (χ1v) is 10.3. The highest BCUT2D eigenvalue weighted by molar-refractivity contribution is 5.77. The van der Waals surface area contributed by atoms with E-state index in [1.165, 1.54) is 12.1 Å². The summed E-state index contributed by atoms with van der Waals surface area (Å²) in [5.74, 6) is 1.11. The number of amides is 1. The van der Waals surface area contributed by atoms with E-state index in [0.717, 1.165) is 35.3 Å². The van der Waals surface area contributed by atoms with Gasteiger partial charge in [0.1, 0.15) is 18.0 Å². The van der Waals surface area contributed by atoms with Crippen molar-refractivity contribution in [2.75, 3.05) is 20.8 Å². The third-order valence-corrected chi connectivity index (χ3v) is 5.55. The van der Waals surface area contributed by atoms with Crippen LogP contribution in [0.25, 0.3) is 11.4 Å². The molecule has 1 fully saturated rings. The van der Waals surface area contributed by atoms with Gasteiger partial charge in [0, 0.05) is 17.7 Å². The SMILES string of the molecule is COc1ccc(OC)c([C@@H]2CCCN2C(=O)Cn2nnc(-c3cccc(C(F)(F)F)c3)n2)c1. The number of hydrogen-bond acceptors (Lipinski definition) is 6. The number of ether oxygens (including phenoxy) is 2. The second-order valence-corrected chi connectivity index (χ2v) is 7.58. The highest BCUT2D eigenvalue weighted by Gasteiger charge is 2.33. The number of rotatable bonds is 6. The molecule has 1 aliphatic rings. The lowest BCUT2D eigenvalue weighted by Crippen LogP contribution is -2.34. The van der Waals surface area contributed by atoms with Gasteiger partial charge < -0.3 is 14.4 Å². The first kappa shape index (κ1) is 22.6. The van der Waals surface area contributed by atoms with E-state index in [9.17, 15) is 18.0 Å². The van der Waals surface area contributed by atoms with Crippen LogP contribution in [0.3, 0.4) is 0 Å². The average Bonchev–Trinajstić information content (AvgIpc) is 3.48. The minimum atomic E-state index is -4.48. The molecule has 1 aliphatic heterocycles. The summed E-state index contributed by atoms with van der Waals surface area (Å²) in [5, 5.41) is 11.8. The van der Waals surface area contributed by atoms with Crippen molar-refractivity contribution < 1.29 is 27.4 Å². The largest absolute Gasteiger partial charge is 0.497 e. The Labute approximate surface area is 187 Å². The Morgan fingerprint density at radius 2 is 1.97 bits per heavy atom. The molecule has 0 aliphatic carbocycles. The quantitative estimate of drug-likeness (QED) is 0.556. The average molecular weight is 461 g/mol. The van der Waals surface area contributed by atoms with Gasteiger partial charge in [-0.3, -0.25) is 4.79 Å². The molecule has 0 bridgehead atoms. The molecule has 1 atom stereocenters. The predicted molar refractivity (Wildman–Crippen MR) is 111 cm³/mol. The van der Waals surface area contributed by atoms with Crippen LogP contribution in [0, 0.1) is 0 Å². The van der Waals surface area contributed by atoms with Gasteiger partial charge in [-0.2, -0.15) is 18.0 Å². The van der Waals surface area contributed by atoms with Crippen LogP contribution in [0.4, 0.5) is 13.2 Å². The van der Waals surface area contributed by atoms with Crippen molar-refractivity contribution in [2.24, 2.45) is 0 Å². The zero-order valence-corrected chi connectivity index (χ0v) is 18.0. The van der Waals surface area contributed by atoms with Gasteiger partial charge in [-0.15, -0.1) is 10.2 Å². The van der Waals surface area contributed by atoms with Gasteiger partial charge in [-0.05, 0) is 48.4 Å². The zero-order chi connectivity index (χ0) is 23.6. The van der Waals surface area contributed by atoms with Crippen LogP contribution >= 0.6 is 0 Å². The van der Waals surface area contributed by atoms with E-state index in [4.69, 9.17) is 9.47 Å². The standard InChI is InChI=1S/C22H22F3N5O3/c1-32-16-8-9-19(33-2)17(12-16)18-7-4-10-29(18)20(31)13-30-27-21(26-28-30)14-5-3-6-15(11-14)22(23,24)25/h3,5-6,8-9,11-12,18H,4,7,10,13H2,1-2H3/t18-/m0/s1. The number of alkyl halides is 3. The summed E-state index contributed by atoms with van der Waals surface area (Å²) in [7, 11) is 3.14. The fourth-order valence-corrected chi connectivity index (χ4v) is 3.96. The first-order chi connectivity index (χ1) is 15.8. The lowest BCUT2D eigenvalue weighted by molar-refractivity contribution is -0.137. The van der Waals surface area contributed by atoms with Crippen molar-refractivity contribution in [1.82, 2.24) is 25.1 Å². The molecule has 0 N–H and O–H groups in total. The normalized spacial score (nSPS) is 16.2. The number of carbonyl (C=O) groups excluding carboxylic acids is 1. The lowest BCUT2D eigenvalue weighted by Gasteiger charge is -2.26. The van der Waals surface area contributed by atoms with Crippen molar-refractivity contribution in [1.29, 1.82) is 0 Å². The summed E-state index contributed by atoms with van der Waals surface area (Å²) in [6.07, 6.45) is -2.90. The number of nitrogens with zero attached hydrogens (tertiary/aromatic N) is 5. The number of tetrazole rings is 1. The zero-order valence-electron chi connectivity index (χ0n) is 18.0. The molecule has 2 aromatic carbocycles. The number of carbonyl (C=O) groups is 1. The van der Waals surface area contributed by atoms with E-state index in [1.54, 1.807) is 31.3 Å². The molecule has 1 amide bonds. The van der Waals surface area contributed by atoms with Crippen LogP contribution in [0.2, 0.25) is 0 Å². The predicted octanol–water partition coefficient (Wildman–Crippen LogP) is 3.74. The molecular weight excluding hydrogens is 439 g/mol. The van der Waals surface area contributed by atoms with Gasteiger partial charge in [-0.1, -0.05) is 12.1 Å². The Bertz CT molecular complexity index is 1150. The molecule has 33 heavy (non-hydrogen) atoms. The van der Waals surface area contributed by atoms with Crippen LogP contribution in [-0.2, 0) is 17.5 Å². The number of methoxy groups -OCH3 is 2. The summed E-state index contributed by atoms with van der Waals surface area (Å²) in [6, 6.07) is 9.91. The van der Waals surface area contributed by atoms with E-state index in [2.05, 4.69) is 15.4 Å². The van der Waals surface area contributed by atoms with Gasteiger partial charge >= 0.3 is 6.18 Å². The number of hydrogen-bond donors (Lipinski definition) is 0. The van der Waals surface area contributed by atoms with Crippen LogP contribution in [0.5, 0.6) is 11.5 Å². The minimum Gasteiger partial charge on any atom is -0.497 e. The van der Waals surface area contributed by atoms with Crippen LogP contribution in [-0.4, -0.2) is 51.8 Å². The number of benzene rings is 2. The molecule has 3 aromatic rings. The third kappa shape index (κ3) is 4.76.